The quantitative estimate of drug-likeness (QED) is 0.733. The van der Waals surface area contributed by atoms with Gasteiger partial charge in [-0.2, -0.15) is 0 Å². The number of nitrogens with one attached hydrogen (secondary N) is 1. The lowest BCUT2D eigenvalue weighted by atomic mass is 10.0. The zero-order chi connectivity index (χ0) is 19.1. The van der Waals surface area contributed by atoms with Gasteiger partial charge in [-0.05, 0) is 24.5 Å². The Morgan fingerprint density at radius 1 is 1.38 bits per heavy atom. The Kier molecular flexibility index (Phi) is 7.00. The molecule has 0 unspecified atom stereocenters. The third kappa shape index (κ3) is 5.21. The molecule has 2 amide bonds. The van der Waals surface area contributed by atoms with E-state index in [-0.39, 0.29) is 29.6 Å². The molecule has 2 rings (SSSR count). The standard InChI is InChI=1S/C19H27FN4O2/c1-14(2)17(18-21-10-12-23(18)3)22-19(25)24(4)11-7-13-26-16-9-6-5-8-15(16)20/h5-6,8-10,12,14,17H,7,11,13H2,1-4H3,(H,22,25)/t17-/m1/s1. The summed E-state index contributed by atoms with van der Waals surface area (Å²) in [6.07, 6.45) is 4.19. The summed E-state index contributed by atoms with van der Waals surface area (Å²) in [7, 11) is 3.64. The molecule has 1 aromatic heterocycles. The number of urea groups is 1. The zero-order valence-electron chi connectivity index (χ0n) is 15.8. The van der Waals surface area contributed by atoms with Crippen LogP contribution in [0.3, 0.4) is 0 Å². The largest absolute Gasteiger partial charge is 0.490 e. The highest BCUT2D eigenvalue weighted by molar-refractivity contribution is 5.74. The van der Waals surface area contributed by atoms with Gasteiger partial charge in [-0.3, -0.25) is 0 Å². The van der Waals surface area contributed by atoms with Gasteiger partial charge >= 0.3 is 6.03 Å². The molecule has 142 valence electrons. The second-order valence-corrected chi connectivity index (χ2v) is 6.62. The van der Waals surface area contributed by atoms with Crippen molar-refractivity contribution in [1.29, 1.82) is 0 Å². The summed E-state index contributed by atoms with van der Waals surface area (Å²) >= 11 is 0. The first-order valence-electron chi connectivity index (χ1n) is 8.76. The molecule has 1 N–H and O–H groups in total. The van der Waals surface area contributed by atoms with Gasteiger partial charge < -0.3 is 19.5 Å². The molecular formula is C19H27FN4O2. The fourth-order valence-electron chi connectivity index (χ4n) is 2.60. The van der Waals surface area contributed by atoms with Crippen molar-refractivity contribution in [1.82, 2.24) is 19.8 Å². The molecule has 7 heteroatoms. The van der Waals surface area contributed by atoms with E-state index in [0.717, 1.165) is 5.82 Å². The van der Waals surface area contributed by atoms with Crippen LogP contribution >= 0.6 is 0 Å². The van der Waals surface area contributed by atoms with Crippen LogP contribution in [0.1, 0.15) is 32.1 Å². The molecule has 0 aliphatic heterocycles. The Labute approximate surface area is 154 Å². The van der Waals surface area contributed by atoms with E-state index in [9.17, 15) is 9.18 Å². The monoisotopic (exact) mass is 362 g/mol. The van der Waals surface area contributed by atoms with E-state index in [1.54, 1.807) is 36.3 Å². The van der Waals surface area contributed by atoms with Gasteiger partial charge in [0.25, 0.3) is 0 Å². The molecule has 26 heavy (non-hydrogen) atoms. The predicted molar refractivity (Wildman–Crippen MR) is 98.5 cm³/mol. The maximum atomic E-state index is 13.5. The molecule has 0 spiro atoms. The van der Waals surface area contributed by atoms with Gasteiger partial charge in [0.2, 0.25) is 0 Å². The van der Waals surface area contributed by atoms with E-state index in [4.69, 9.17) is 4.74 Å². The highest BCUT2D eigenvalue weighted by Gasteiger charge is 2.23. The Bertz CT molecular complexity index is 717. The fraction of sp³-hybridized carbons (Fsp3) is 0.474. The molecule has 0 aliphatic carbocycles. The van der Waals surface area contributed by atoms with Crippen LogP contribution in [-0.4, -0.2) is 40.7 Å². The van der Waals surface area contributed by atoms with Gasteiger partial charge in [0.1, 0.15) is 5.82 Å². The van der Waals surface area contributed by atoms with Gasteiger partial charge in [-0.15, -0.1) is 0 Å². The van der Waals surface area contributed by atoms with Crippen LogP contribution in [0.4, 0.5) is 9.18 Å². The lowest BCUT2D eigenvalue weighted by Crippen LogP contribution is -2.42. The smallest absolute Gasteiger partial charge is 0.317 e. The maximum absolute atomic E-state index is 13.5. The zero-order valence-corrected chi connectivity index (χ0v) is 15.8. The average Bonchev–Trinajstić information content (AvgIpc) is 3.03. The second-order valence-electron chi connectivity index (χ2n) is 6.62. The first-order chi connectivity index (χ1) is 12.4. The van der Waals surface area contributed by atoms with E-state index in [0.29, 0.717) is 19.6 Å². The van der Waals surface area contributed by atoms with Crippen molar-refractivity contribution >= 4 is 6.03 Å². The number of nitrogens with zero attached hydrogens (tertiary/aromatic N) is 3. The third-order valence-electron chi connectivity index (χ3n) is 4.16. The average molecular weight is 362 g/mol. The van der Waals surface area contributed by atoms with Crippen molar-refractivity contribution in [2.24, 2.45) is 13.0 Å². The Morgan fingerprint density at radius 2 is 2.12 bits per heavy atom. The number of benzene rings is 1. The van der Waals surface area contributed by atoms with Crippen molar-refractivity contribution in [3.05, 3.63) is 48.3 Å². The summed E-state index contributed by atoms with van der Waals surface area (Å²) in [4.78, 5) is 18.4. The minimum Gasteiger partial charge on any atom is -0.490 e. The molecule has 0 saturated carbocycles. The Balaban J connectivity index is 1.81. The van der Waals surface area contributed by atoms with Gasteiger partial charge in [0.05, 0.1) is 12.6 Å². The van der Waals surface area contributed by atoms with Crippen LogP contribution in [0, 0.1) is 11.7 Å². The number of hydrogen-bond acceptors (Lipinski definition) is 3. The van der Waals surface area contributed by atoms with Crippen molar-refractivity contribution in [2.45, 2.75) is 26.3 Å². The van der Waals surface area contributed by atoms with Crippen LogP contribution in [0.5, 0.6) is 5.75 Å². The summed E-state index contributed by atoms with van der Waals surface area (Å²) in [5.74, 6) is 0.880. The van der Waals surface area contributed by atoms with Crippen molar-refractivity contribution in [3.63, 3.8) is 0 Å². The minimum absolute atomic E-state index is 0.167. The highest BCUT2D eigenvalue weighted by Crippen LogP contribution is 2.20. The summed E-state index contributed by atoms with van der Waals surface area (Å²) < 4.78 is 20.8. The number of ether oxygens (including phenoxy) is 1. The summed E-state index contributed by atoms with van der Waals surface area (Å²) in [5, 5.41) is 3.03. The van der Waals surface area contributed by atoms with Crippen molar-refractivity contribution in [2.75, 3.05) is 20.2 Å². The van der Waals surface area contributed by atoms with Gasteiger partial charge in [0.15, 0.2) is 11.6 Å². The van der Waals surface area contributed by atoms with E-state index in [2.05, 4.69) is 10.3 Å². The minimum atomic E-state index is -0.381. The second kappa shape index (κ2) is 9.22. The molecule has 1 aromatic carbocycles. The lowest BCUT2D eigenvalue weighted by Gasteiger charge is -2.26. The number of rotatable bonds is 8. The molecule has 0 radical (unpaired) electrons. The normalized spacial score (nSPS) is 12.1. The number of imidazole rings is 1. The summed E-state index contributed by atoms with van der Waals surface area (Å²) in [6.45, 7) is 4.93. The molecule has 0 aliphatic rings. The maximum Gasteiger partial charge on any atom is 0.317 e. The number of hydrogen-bond donors (Lipinski definition) is 1. The van der Waals surface area contributed by atoms with Gasteiger partial charge in [-0.1, -0.05) is 26.0 Å². The van der Waals surface area contributed by atoms with Crippen LogP contribution in [0.25, 0.3) is 0 Å². The third-order valence-corrected chi connectivity index (χ3v) is 4.16. The van der Waals surface area contributed by atoms with Crippen molar-refractivity contribution < 1.29 is 13.9 Å². The molecule has 0 saturated heterocycles. The van der Waals surface area contributed by atoms with E-state index < -0.39 is 0 Å². The first-order valence-corrected chi connectivity index (χ1v) is 8.76. The summed E-state index contributed by atoms with van der Waals surface area (Å²) in [5.41, 5.74) is 0. The number of aromatic nitrogens is 2. The number of para-hydroxylation sites is 1. The molecular weight excluding hydrogens is 335 g/mol. The number of halogens is 1. The number of aryl methyl sites for hydroxylation is 1. The van der Waals surface area contributed by atoms with Crippen LogP contribution in [0.15, 0.2) is 36.7 Å². The number of amides is 2. The van der Waals surface area contributed by atoms with Crippen LogP contribution < -0.4 is 10.1 Å². The molecule has 1 atom stereocenters. The first kappa shape index (κ1) is 19.8. The van der Waals surface area contributed by atoms with Crippen LogP contribution in [-0.2, 0) is 7.05 Å². The predicted octanol–water partition coefficient (Wildman–Crippen LogP) is 3.37. The molecule has 0 fully saturated rings. The molecule has 2 aromatic rings. The van der Waals surface area contributed by atoms with Crippen LogP contribution in [0.2, 0.25) is 0 Å². The summed E-state index contributed by atoms with van der Waals surface area (Å²) in [6, 6.07) is 5.95. The fourth-order valence-corrected chi connectivity index (χ4v) is 2.60. The van der Waals surface area contributed by atoms with Crippen molar-refractivity contribution in [3.8, 4) is 5.75 Å². The number of carbonyl (C=O) groups is 1. The highest BCUT2D eigenvalue weighted by atomic mass is 19.1. The molecule has 1 heterocycles. The SMILES string of the molecule is CC(C)[C@@H](NC(=O)N(C)CCCOc1ccccc1F)c1nccn1C. The number of carbonyl (C=O) groups excluding carboxylic acids is 1. The lowest BCUT2D eigenvalue weighted by molar-refractivity contribution is 0.194. The van der Waals surface area contributed by atoms with Gasteiger partial charge in [0, 0.05) is 33.0 Å². The van der Waals surface area contributed by atoms with E-state index in [1.807, 2.05) is 31.7 Å². The Hall–Kier alpha value is -2.57. The molecule has 6 nitrogen and oxygen atoms in total. The molecule has 0 bridgehead atoms. The van der Waals surface area contributed by atoms with E-state index >= 15 is 0 Å². The topological polar surface area (TPSA) is 59.4 Å². The van der Waals surface area contributed by atoms with E-state index in [1.165, 1.54) is 6.07 Å². The Morgan fingerprint density at radius 3 is 2.73 bits per heavy atom. The van der Waals surface area contributed by atoms with Gasteiger partial charge in [-0.25, -0.2) is 14.2 Å².